The van der Waals surface area contributed by atoms with E-state index in [4.69, 9.17) is 21.1 Å². The minimum absolute atomic E-state index is 0.190. The highest BCUT2D eigenvalue weighted by atomic mass is 35.5. The van der Waals surface area contributed by atoms with E-state index >= 15 is 0 Å². The lowest BCUT2D eigenvalue weighted by Crippen LogP contribution is -2.19. The van der Waals surface area contributed by atoms with Crippen LogP contribution in [0.5, 0.6) is 11.5 Å². The Balaban J connectivity index is 1.30. The van der Waals surface area contributed by atoms with Crippen molar-refractivity contribution in [2.75, 3.05) is 12.9 Å². The van der Waals surface area contributed by atoms with Crippen molar-refractivity contribution in [3.63, 3.8) is 0 Å². The van der Waals surface area contributed by atoms with E-state index < -0.39 is 0 Å². The minimum Gasteiger partial charge on any atom is -0.493 e. The zero-order chi connectivity index (χ0) is 23.0. The van der Waals surface area contributed by atoms with Gasteiger partial charge < -0.3 is 14.5 Å². The third kappa shape index (κ3) is 6.06. The van der Waals surface area contributed by atoms with E-state index in [-0.39, 0.29) is 11.7 Å². The van der Waals surface area contributed by atoms with E-state index in [0.29, 0.717) is 28.3 Å². The Kier molecular flexibility index (Phi) is 7.49. The quantitative estimate of drug-likeness (QED) is 0.199. The van der Waals surface area contributed by atoms with Gasteiger partial charge in [-0.3, -0.25) is 4.79 Å². The van der Waals surface area contributed by atoms with Gasteiger partial charge in [-0.1, -0.05) is 53.7 Å². The fourth-order valence-corrected chi connectivity index (χ4v) is 3.87. The highest BCUT2D eigenvalue weighted by Crippen LogP contribution is 2.29. The number of benzene rings is 3. The number of rotatable bonds is 9. The van der Waals surface area contributed by atoms with E-state index in [0.717, 1.165) is 22.2 Å². The lowest BCUT2D eigenvalue weighted by molar-refractivity contribution is -0.118. The van der Waals surface area contributed by atoms with Crippen molar-refractivity contribution in [2.24, 2.45) is 5.10 Å². The van der Waals surface area contributed by atoms with E-state index in [1.54, 1.807) is 25.5 Å². The number of carbonyl (C=O) groups is 1. The molecule has 1 heterocycles. The summed E-state index contributed by atoms with van der Waals surface area (Å²) in [5.74, 6) is 1.09. The maximum Gasteiger partial charge on any atom is 0.250 e. The van der Waals surface area contributed by atoms with Crippen LogP contribution in [-0.4, -0.2) is 35.0 Å². The van der Waals surface area contributed by atoms with Gasteiger partial charge in [-0.25, -0.2) is 10.4 Å². The summed E-state index contributed by atoms with van der Waals surface area (Å²) in [4.78, 5) is 19.7. The molecule has 0 saturated carbocycles. The normalized spacial score (nSPS) is 11.1. The number of para-hydroxylation sites is 2. The molecule has 9 heteroatoms. The summed E-state index contributed by atoms with van der Waals surface area (Å²) in [7, 11) is 1.57. The van der Waals surface area contributed by atoms with Crippen molar-refractivity contribution >= 4 is 46.5 Å². The molecule has 0 bridgehead atoms. The van der Waals surface area contributed by atoms with Crippen LogP contribution in [0, 0.1) is 0 Å². The summed E-state index contributed by atoms with van der Waals surface area (Å²) in [6.07, 6.45) is 1.55. The summed E-state index contributed by atoms with van der Waals surface area (Å²) in [5, 5.41) is 5.36. The van der Waals surface area contributed by atoms with Crippen LogP contribution in [0.3, 0.4) is 0 Å². The molecule has 0 radical (unpaired) electrons. The second-order valence-electron chi connectivity index (χ2n) is 6.93. The Bertz CT molecular complexity index is 1260. The number of hydrogen-bond donors (Lipinski definition) is 2. The Morgan fingerprint density at radius 1 is 1.15 bits per heavy atom. The average molecular weight is 481 g/mol. The van der Waals surface area contributed by atoms with Crippen molar-refractivity contribution in [1.29, 1.82) is 0 Å². The molecule has 1 aromatic heterocycles. The number of carbonyl (C=O) groups excluding carboxylic acids is 1. The molecule has 0 aliphatic rings. The molecule has 0 aliphatic heterocycles. The Hall–Kier alpha value is -3.49. The van der Waals surface area contributed by atoms with Gasteiger partial charge in [0.15, 0.2) is 16.7 Å². The molecule has 7 nitrogen and oxygen atoms in total. The third-order valence-electron chi connectivity index (χ3n) is 4.64. The Labute approximate surface area is 200 Å². The standard InChI is InChI=1S/C24H21ClN4O3S/c1-31-22-12-16(10-11-21(22)32-14-17-6-2-3-7-18(17)25)13-26-29-23(30)15-33-24-27-19-8-4-5-9-20(19)28-24/h2-13H,14-15H2,1H3,(H,27,28)(H,29,30)/b26-13-. The minimum atomic E-state index is -0.233. The number of nitrogens with one attached hydrogen (secondary N) is 2. The zero-order valence-electron chi connectivity index (χ0n) is 17.7. The van der Waals surface area contributed by atoms with Gasteiger partial charge >= 0.3 is 0 Å². The fourth-order valence-electron chi connectivity index (χ4n) is 3.00. The Morgan fingerprint density at radius 3 is 2.79 bits per heavy atom. The molecular weight excluding hydrogens is 460 g/mol. The number of fused-ring (bicyclic) bond motifs is 1. The third-order valence-corrected chi connectivity index (χ3v) is 5.88. The highest BCUT2D eigenvalue weighted by molar-refractivity contribution is 7.99. The molecule has 0 aliphatic carbocycles. The van der Waals surface area contributed by atoms with Crippen LogP contribution in [0.1, 0.15) is 11.1 Å². The first kappa shape index (κ1) is 22.7. The molecule has 0 fully saturated rings. The fraction of sp³-hybridized carbons (Fsp3) is 0.125. The summed E-state index contributed by atoms with van der Waals surface area (Å²) in [6.45, 7) is 0.322. The van der Waals surface area contributed by atoms with E-state index in [2.05, 4.69) is 20.5 Å². The van der Waals surface area contributed by atoms with Gasteiger partial charge in [-0.15, -0.1) is 0 Å². The molecule has 168 valence electrons. The van der Waals surface area contributed by atoms with Gasteiger partial charge in [0.05, 0.1) is 30.1 Å². The smallest absolute Gasteiger partial charge is 0.250 e. The number of H-pyrrole nitrogens is 1. The van der Waals surface area contributed by atoms with Crippen molar-refractivity contribution in [3.8, 4) is 11.5 Å². The topological polar surface area (TPSA) is 88.6 Å². The SMILES string of the molecule is COc1cc(/C=N\NC(=O)CSc2nc3ccccc3[nH]2)ccc1OCc1ccccc1Cl. The van der Waals surface area contributed by atoms with Crippen LogP contribution in [0.4, 0.5) is 0 Å². The number of thioether (sulfide) groups is 1. The zero-order valence-corrected chi connectivity index (χ0v) is 19.3. The number of ether oxygens (including phenoxy) is 2. The largest absolute Gasteiger partial charge is 0.493 e. The molecule has 4 aromatic rings. The van der Waals surface area contributed by atoms with E-state index in [1.807, 2.05) is 54.6 Å². The molecule has 0 unspecified atom stereocenters. The first-order valence-corrected chi connectivity index (χ1v) is 11.4. The van der Waals surface area contributed by atoms with Crippen LogP contribution in [-0.2, 0) is 11.4 Å². The van der Waals surface area contributed by atoms with Crippen LogP contribution in [0.25, 0.3) is 11.0 Å². The predicted octanol–water partition coefficient (Wildman–Crippen LogP) is 5.05. The average Bonchev–Trinajstić information content (AvgIpc) is 3.26. The maximum absolute atomic E-state index is 12.1. The predicted molar refractivity (Wildman–Crippen MR) is 131 cm³/mol. The number of hydrazone groups is 1. The summed E-state index contributed by atoms with van der Waals surface area (Å²) in [6, 6.07) is 20.6. The van der Waals surface area contributed by atoms with Gasteiger partial charge in [0.25, 0.3) is 5.91 Å². The van der Waals surface area contributed by atoms with Crippen molar-refractivity contribution in [1.82, 2.24) is 15.4 Å². The molecule has 33 heavy (non-hydrogen) atoms. The number of imidazole rings is 1. The van der Waals surface area contributed by atoms with Gasteiger partial charge in [0, 0.05) is 10.6 Å². The van der Waals surface area contributed by atoms with Crippen molar-refractivity contribution in [3.05, 3.63) is 82.9 Å². The lowest BCUT2D eigenvalue weighted by Gasteiger charge is -2.12. The van der Waals surface area contributed by atoms with Gasteiger partial charge in [0.2, 0.25) is 0 Å². The lowest BCUT2D eigenvalue weighted by atomic mass is 10.2. The van der Waals surface area contributed by atoms with E-state index in [9.17, 15) is 4.79 Å². The molecule has 0 saturated heterocycles. The van der Waals surface area contributed by atoms with Gasteiger partial charge in [-0.05, 0) is 42.0 Å². The number of amides is 1. The van der Waals surface area contributed by atoms with Crippen LogP contribution in [0.15, 0.2) is 77.0 Å². The molecule has 2 N–H and O–H groups in total. The first-order valence-electron chi connectivity index (χ1n) is 10.1. The summed E-state index contributed by atoms with van der Waals surface area (Å²) >= 11 is 7.49. The molecule has 0 spiro atoms. The number of aromatic nitrogens is 2. The number of aromatic amines is 1. The van der Waals surface area contributed by atoms with Crippen molar-refractivity contribution < 1.29 is 14.3 Å². The monoisotopic (exact) mass is 480 g/mol. The van der Waals surface area contributed by atoms with Gasteiger partial charge in [-0.2, -0.15) is 5.10 Å². The second-order valence-corrected chi connectivity index (χ2v) is 8.30. The number of hydrogen-bond acceptors (Lipinski definition) is 6. The molecule has 3 aromatic carbocycles. The van der Waals surface area contributed by atoms with Crippen LogP contribution >= 0.6 is 23.4 Å². The van der Waals surface area contributed by atoms with E-state index in [1.165, 1.54) is 11.8 Å². The molecule has 0 atom stereocenters. The molecule has 1 amide bonds. The number of halogens is 1. The number of nitrogens with zero attached hydrogens (tertiary/aromatic N) is 2. The molecular formula is C24H21ClN4O3S. The summed E-state index contributed by atoms with van der Waals surface area (Å²) in [5.41, 5.74) is 5.96. The van der Waals surface area contributed by atoms with Gasteiger partial charge in [0.1, 0.15) is 6.61 Å². The first-order chi connectivity index (χ1) is 16.1. The molecule has 4 rings (SSSR count). The highest BCUT2D eigenvalue weighted by Gasteiger charge is 2.08. The Morgan fingerprint density at radius 2 is 1.97 bits per heavy atom. The second kappa shape index (κ2) is 10.9. The van der Waals surface area contributed by atoms with Crippen LogP contribution in [0.2, 0.25) is 5.02 Å². The number of methoxy groups -OCH3 is 1. The summed E-state index contributed by atoms with van der Waals surface area (Å²) < 4.78 is 11.3. The maximum atomic E-state index is 12.1. The van der Waals surface area contributed by atoms with Crippen LogP contribution < -0.4 is 14.9 Å². The van der Waals surface area contributed by atoms with Crippen molar-refractivity contribution in [2.45, 2.75) is 11.8 Å².